The Kier molecular flexibility index (Phi) is 7.82. The fourth-order valence-corrected chi connectivity index (χ4v) is 5.76. The lowest BCUT2D eigenvalue weighted by Crippen LogP contribution is -2.41. The van der Waals surface area contributed by atoms with Gasteiger partial charge >= 0.3 is 0 Å². The predicted molar refractivity (Wildman–Crippen MR) is 156 cm³/mol. The standard InChI is InChI=1S/C31H32ClN5O3/c32-24-8-6-22(7-9-24)17-34-31(39)26-19-37-20-28(33-16-21-4-2-1-3-5-21)35-27-15-23(14-25(29(27)37)30(26)38)18-36-10-12-40-13-11-36/h1-9,19-20,23,33H,10-18H2,(H,34,39). The average Bonchev–Trinajstić information content (AvgIpc) is 2.98. The van der Waals surface area contributed by atoms with E-state index in [1.807, 2.05) is 40.9 Å². The maximum atomic E-state index is 13.8. The van der Waals surface area contributed by atoms with Crippen molar-refractivity contribution in [3.05, 3.63) is 110 Å². The SMILES string of the molecule is O=C(NCc1ccc(Cl)cc1)c1cn2cc(NCc3ccccc3)nc3c2c(c1=O)CC(CN1CCOCC1)C3. The molecule has 0 spiro atoms. The van der Waals surface area contributed by atoms with Gasteiger partial charge in [-0.1, -0.05) is 54.1 Å². The van der Waals surface area contributed by atoms with Crippen LogP contribution in [0.25, 0.3) is 5.52 Å². The lowest BCUT2D eigenvalue weighted by Gasteiger charge is -2.32. The summed E-state index contributed by atoms with van der Waals surface area (Å²) in [5.41, 5.74) is 4.36. The molecule has 2 aromatic carbocycles. The topological polar surface area (TPSA) is 88.0 Å². The molecule has 0 saturated carbocycles. The van der Waals surface area contributed by atoms with Gasteiger partial charge in [-0.15, -0.1) is 0 Å². The zero-order chi connectivity index (χ0) is 27.5. The van der Waals surface area contributed by atoms with E-state index in [1.165, 1.54) is 0 Å². The van der Waals surface area contributed by atoms with Gasteiger partial charge in [0.2, 0.25) is 0 Å². The van der Waals surface area contributed by atoms with Crippen LogP contribution in [0, 0.1) is 5.92 Å². The molecule has 6 rings (SSSR count). The fourth-order valence-electron chi connectivity index (χ4n) is 5.63. The molecule has 1 amide bonds. The minimum atomic E-state index is -0.391. The van der Waals surface area contributed by atoms with Crippen LogP contribution in [0.1, 0.15) is 32.7 Å². The zero-order valence-electron chi connectivity index (χ0n) is 22.2. The van der Waals surface area contributed by atoms with Crippen LogP contribution in [-0.4, -0.2) is 53.0 Å². The molecule has 2 N–H and O–H groups in total. The Morgan fingerprint density at radius 3 is 2.50 bits per heavy atom. The number of pyridine rings is 1. The summed E-state index contributed by atoms with van der Waals surface area (Å²) in [5.74, 6) is 0.546. The highest BCUT2D eigenvalue weighted by Gasteiger charge is 2.29. The first-order valence-corrected chi connectivity index (χ1v) is 14.1. The smallest absolute Gasteiger partial charge is 0.257 e. The van der Waals surface area contributed by atoms with Gasteiger partial charge in [0.15, 0.2) is 5.43 Å². The van der Waals surface area contributed by atoms with Gasteiger partial charge in [0.1, 0.15) is 11.4 Å². The van der Waals surface area contributed by atoms with Crippen LogP contribution in [0.3, 0.4) is 0 Å². The molecule has 40 heavy (non-hydrogen) atoms. The first kappa shape index (κ1) is 26.5. The Balaban J connectivity index is 1.32. The second-order valence-electron chi connectivity index (χ2n) is 10.5. The van der Waals surface area contributed by atoms with Crippen LogP contribution in [0.5, 0.6) is 0 Å². The van der Waals surface area contributed by atoms with Crippen LogP contribution in [0.15, 0.2) is 71.8 Å². The van der Waals surface area contributed by atoms with E-state index in [0.29, 0.717) is 35.9 Å². The number of amides is 1. The second-order valence-corrected chi connectivity index (χ2v) is 11.0. The summed E-state index contributed by atoms with van der Waals surface area (Å²) in [7, 11) is 0. The minimum absolute atomic E-state index is 0.139. The summed E-state index contributed by atoms with van der Waals surface area (Å²) in [6.07, 6.45) is 4.92. The summed E-state index contributed by atoms with van der Waals surface area (Å²) in [6, 6.07) is 17.4. The molecule has 1 atom stereocenters. The largest absolute Gasteiger partial charge is 0.379 e. The van der Waals surface area contributed by atoms with Crippen molar-refractivity contribution >= 4 is 28.8 Å². The van der Waals surface area contributed by atoms with Crippen molar-refractivity contribution in [2.24, 2.45) is 5.92 Å². The fraction of sp³-hybridized carbons (Fsp3) is 0.323. The molecule has 206 valence electrons. The summed E-state index contributed by atoms with van der Waals surface area (Å²) in [6.45, 7) is 5.02. The number of nitrogens with one attached hydrogen (secondary N) is 2. The monoisotopic (exact) mass is 557 g/mol. The van der Waals surface area contributed by atoms with Gasteiger partial charge in [0.05, 0.1) is 30.6 Å². The second kappa shape index (κ2) is 11.8. The molecule has 2 aliphatic rings. The number of hydrogen-bond acceptors (Lipinski definition) is 6. The van der Waals surface area contributed by atoms with E-state index in [1.54, 1.807) is 18.3 Å². The molecule has 4 aromatic rings. The highest BCUT2D eigenvalue weighted by molar-refractivity contribution is 6.30. The number of ether oxygens (including phenoxy) is 1. The summed E-state index contributed by atoms with van der Waals surface area (Å²) >= 11 is 5.99. The number of hydrogen-bond donors (Lipinski definition) is 2. The number of anilines is 1. The van der Waals surface area contributed by atoms with Gasteiger partial charge in [0, 0.05) is 49.5 Å². The van der Waals surface area contributed by atoms with E-state index >= 15 is 0 Å². The van der Waals surface area contributed by atoms with E-state index in [0.717, 1.165) is 61.6 Å². The minimum Gasteiger partial charge on any atom is -0.379 e. The quantitative estimate of drug-likeness (QED) is 0.341. The Morgan fingerprint density at radius 2 is 1.73 bits per heavy atom. The molecule has 1 unspecified atom stereocenters. The van der Waals surface area contributed by atoms with Crippen LogP contribution in [0.4, 0.5) is 5.82 Å². The molecule has 0 radical (unpaired) electrons. The zero-order valence-corrected chi connectivity index (χ0v) is 23.0. The first-order valence-electron chi connectivity index (χ1n) is 13.7. The normalized spacial score (nSPS) is 17.1. The third kappa shape index (κ3) is 5.89. The number of morpholine rings is 1. The third-order valence-corrected chi connectivity index (χ3v) is 7.90. The highest BCUT2D eigenvalue weighted by atomic mass is 35.5. The van der Waals surface area contributed by atoms with Gasteiger partial charge in [-0.05, 0) is 42.0 Å². The van der Waals surface area contributed by atoms with Crippen molar-refractivity contribution in [3.8, 4) is 0 Å². The van der Waals surface area contributed by atoms with Crippen molar-refractivity contribution in [2.45, 2.75) is 25.9 Å². The summed E-state index contributed by atoms with van der Waals surface area (Å²) < 4.78 is 7.44. The Bertz CT molecular complexity index is 1570. The Labute approximate surface area is 237 Å². The number of halogens is 1. The van der Waals surface area contributed by atoms with Gasteiger partial charge < -0.3 is 19.8 Å². The van der Waals surface area contributed by atoms with Gasteiger partial charge in [-0.25, -0.2) is 4.98 Å². The number of rotatable bonds is 8. The molecular formula is C31H32ClN5O3. The lowest BCUT2D eigenvalue weighted by molar-refractivity contribution is 0.0304. The highest BCUT2D eigenvalue weighted by Crippen LogP contribution is 2.28. The number of carbonyl (C=O) groups is 1. The summed E-state index contributed by atoms with van der Waals surface area (Å²) in [4.78, 5) is 34.4. The molecule has 0 bridgehead atoms. The molecule has 1 saturated heterocycles. The number of benzene rings is 2. The number of carbonyl (C=O) groups excluding carboxylic acids is 1. The average molecular weight is 558 g/mol. The number of aromatic nitrogens is 2. The van der Waals surface area contributed by atoms with E-state index < -0.39 is 5.91 Å². The maximum Gasteiger partial charge on any atom is 0.257 e. The van der Waals surface area contributed by atoms with Crippen LogP contribution >= 0.6 is 11.6 Å². The molecule has 8 nitrogen and oxygen atoms in total. The van der Waals surface area contributed by atoms with E-state index in [4.69, 9.17) is 21.3 Å². The van der Waals surface area contributed by atoms with Crippen LogP contribution in [0.2, 0.25) is 5.02 Å². The Hall–Kier alpha value is -3.72. The van der Waals surface area contributed by atoms with E-state index in [9.17, 15) is 9.59 Å². The van der Waals surface area contributed by atoms with Crippen molar-refractivity contribution in [2.75, 3.05) is 38.2 Å². The van der Waals surface area contributed by atoms with E-state index in [2.05, 4.69) is 27.7 Å². The predicted octanol–water partition coefficient (Wildman–Crippen LogP) is 3.94. The summed E-state index contributed by atoms with van der Waals surface area (Å²) in [5, 5.41) is 6.98. The van der Waals surface area contributed by atoms with E-state index in [-0.39, 0.29) is 16.9 Å². The van der Waals surface area contributed by atoms with Crippen molar-refractivity contribution in [1.29, 1.82) is 0 Å². The molecule has 1 aliphatic heterocycles. The van der Waals surface area contributed by atoms with Crippen molar-refractivity contribution in [1.82, 2.24) is 19.6 Å². The Morgan fingerprint density at radius 1 is 0.975 bits per heavy atom. The maximum absolute atomic E-state index is 13.8. The molecule has 1 fully saturated rings. The molecular weight excluding hydrogens is 526 g/mol. The molecule has 1 aliphatic carbocycles. The molecule has 9 heteroatoms. The van der Waals surface area contributed by atoms with Gasteiger partial charge in [-0.3, -0.25) is 14.5 Å². The molecule has 3 heterocycles. The van der Waals surface area contributed by atoms with Gasteiger partial charge in [0.25, 0.3) is 5.91 Å². The molecule has 2 aromatic heterocycles. The third-order valence-electron chi connectivity index (χ3n) is 7.64. The van der Waals surface area contributed by atoms with Gasteiger partial charge in [-0.2, -0.15) is 0 Å². The van der Waals surface area contributed by atoms with Crippen molar-refractivity contribution in [3.63, 3.8) is 0 Å². The van der Waals surface area contributed by atoms with Crippen LogP contribution < -0.4 is 16.1 Å². The lowest BCUT2D eigenvalue weighted by atomic mass is 9.86. The number of nitrogens with zero attached hydrogens (tertiary/aromatic N) is 3. The van der Waals surface area contributed by atoms with Crippen molar-refractivity contribution < 1.29 is 9.53 Å². The first-order chi connectivity index (χ1) is 19.5. The van der Waals surface area contributed by atoms with Crippen LogP contribution in [-0.2, 0) is 30.7 Å².